The van der Waals surface area contributed by atoms with Crippen LogP contribution in [0.5, 0.6) is 0 Å². The Morgan fingerprint density at radius 1 is 0.885 bits per heavy atom. The normalized spacial score (nSPS) is 16.4. The zero-order chi connectivity index (χ0) is 17.9. The molecule has 0 aromatic heterocycles. The summed E-state index contributed by atoms with van der Waals surface area (Å²) < 4.78 is 0. The van der Waals surface area contributed by atoms with Gasteiger partial charge in [-0.3, -0.25) is 9.79 Å². The highest BCUT2D eigenvalue weighted by Crippen LogP contribution is 2.40. The number of nitrogens with zero attached hydrogens (tertiary/aromatic N) is 2. The molecule has 1 atom stereocenters. The molecule has 3 aromatic rings. The molecule has 3 aromatic carbocycles. The Kier molecular flexibility index (Phi) is 4.36. The van der Waals surface area contributed by atoms with Gasteiger partial charge >= 0.3 is 0 Å². The van der Waals surface area contributed by atoms with Gasteiger partial charge in [-0.25, -0.2) is 0 Å². The molecule has 0 bridgehead atoms. The van der Waals surface area contributed by atoms with Crippen LogP contribution in [-0.4, -0.2) is 11.6 Å². The maximum absolute atomic E-state index is 12.6. The molecule has 0 radical (unpaired) electrons. The molecule has 3 nitrogen and oxygen atoms in total. The molecule has 0 saturated carbocycles. The van der Waals surface area contributed by atoms with Crippen molar-refractivity contribution in [1.29, 1.82) is 0 Å². The first-order valence-electron chi connectivity index (χ1n) is 8.81. The van der Waals surface area contributed by atoms with Crippen molar-refractivity contribution in [2.24, 2.45) is 4.99 Å². The number of hydrogen-bond acceptors (Lipinski definition) is 2. The summed E-state index contributed by atoms with van der Waals surface area (Å²) in [5.41, 5.74) is 4.90. The predicted molar refractivity (Wildman–Crippen MR) is 106 cm³/mol. The molecule has 0 N–H and O–H groups in total. The van der Waals surface area contributed by atoms with Crippen LogP contribution < -0.4 is 4.90 Å². The van der Waals surface area contributed by atoms with E-state index < -0.39 is 0 Å². The number of hydrogen-bond donors (Lipinski definition) is 0. The summed E-state index contributed by atoms with van der Waals surface area (Å²) in [6.45, 7) is 1.63. The molecule has 128 valence electrons. The van der Waals surface area contributed by atoms with Gasteiger partial charge in [0, 0.05) is 13.3 Å². The third-order valence-electron chi connectivity index (χ3n) is 4.73. The number of para-hydroxylation sites is 2. The number of benzene rings is 3. The Labute approximate surface area is 153 Å². The summed E-state index contributed by atoms with van der Waals surface area (Å²) in [4.78, 5) is 19.4. The zero-order valence-corrected chi connectivity index (χ0v) is 14.7. The Morgan fingerprint density at radius 2 is 1.50 bits per heavy atom. The Morgan fingerprint density at radius 3 is 2.19 bits per heavy atom. The van der Waals surface area contributed by atoms with Crippen LogP contribution in [0.25, 0.3) is 0 Å². The summed E-state index contributed by atoms with van der Waals surface area (Å²) >= 11 is 0. The van der Waals surface area contributed by atoms with E-state index in [1.165, 1.54) is 0 Å². The van der Waals surface area contributed by atoms with E-state index in [0.29, 0.717) is 6.42 Å². The maximum atomic E-state index is 12.6. The van der Waals surface area contributed by atoms with Crippen molar-refractivity contribution >= 4 is 23.0 Å². The van der Waals surface area contributed by atoms with E-state index in [9.17, 15) is 4.79 Å². The van der Waals surface area contributed by atoms with Gasteiger partial charge in [0.25, 0.3) is 0 Å². The van der Waals surface area contributed by atoms with E-state index in [1.807, 2.05) is 65.6 Å². The lowest BCUT2D eigenvalue weighted by Crippen LogP contribution is -2.33. The molecule has 1 heterocycles. The van der Waals surface area contributed by atoms with Crippen molar-refractivity contribution in [1.82, 2.24) is 0 Å². The van der Waals surface area contributed by atoms with Crippen LogP contribution in [0.2, 0.25) is 0 Å². The fourth-order valence-electron chi connectivity index (χ4n) is 3.54. The second-order valence-corrected chi connectivity index (χ2v) is 6.43. The lowest BCUT2D eigenvalue weighted by Gasteiger charge is -2.30. The highest BCUT2D eigenvalue weighted by molar-refractivity contribution is 6.07. The third-order valence-corrected chi connectivity index (χ3v) is 4.73. The quantitative estimate of drug-likeness (QED) is 0.622. The molecular formula is C23H20N2O. The molecule has 1 aliphatic rings. The average molecular weight is 340 g/mol. The van der Waals surface area contributed by atoms with Crippen LogP contribution in [0.15, 0.2) is 89.9 Å². The molecule has 0 saturated heterocycles. The van der Waals surface area contributed by atoms with Gasteiger partial charge in [0.05, 0.1) is 23.1 Å². The lowest BCUT2D eigenvalue weighted by atomic mass is 9.96. The van der Waals surface area contributed by atoms with E-state index in [1.54, 1.807) is 6.92 Å². The molecule has 1 amide bonds. The van der Waals surface area contributed by atoms with Crippen LogP contribution >= 0.6 is 0 Å². The molecule has 26 heavy (non-hydrogen) atoms. The van der Waals surface area contributed by atoms with Gasteiger partial charge in [0.15, 0.2) is 0 Å². The van der Waals surface area contributed by atoms with Gasteiger partial charge in [-0.2, -0.15) is 0 Å². The average Bonchev–Trinajstić information content (AvgIpc) is 2.86. The SMILES string of the molecule is CC(=O)N1c2ccccc2N=C(c2ccccc2)C[C@H]1c1ccccc1. The molecular weight excluding hydrogens is 320 g/mol. The first-order chi connectivity index (χ1) is 12.7. The second-order valence-electron chi connectivity index (χ2n) is 6.43. The van der Waals surface area contributed by atoms with Crippen LogP contribution in [0, 0.1) is 0 Å². The lowest BCUT2D eigenvalue weighted by molar-refractivity contribution is -0.117. The highest BCUT2D eigenvalue weighted by atomic mass is 16.2. The summed E-state index contributed by atoms with van der Waals surface area (Å²) in [6.07, 6.45) is 0.669. The Bertz CT molecular complexity index is 948. The molecule has 0 spiro atoms. The molecule has 0 aliphatic carbocycles. The van der Waals surface area contributed by atoms with Gasteiger partial charge in [0.1, 0.15) is 0 Å². The number of aliphatic imine (C=N–C) groups is 1. The largest absolute Gasteiger partial charge is 0.303 e. The number of amides is 1. The number of anilines is 1. The predicted octanol–water partition coefficient (Wildman–Crippen LogP) is 5.31. The van der Waals surface area contributed by atoms with E-state index >= 15 is 0 Å². The maximum Gasteiger partial charge on any atom is 0.224 e. The van der Waals surface area contributed by atoms with Crippen molar-refractivity contribution in [2.75, 3.05) is 4.90 Å². The number of rotatable bonds is 2. The minimum atomic E-state index is -0.0868. The molecule has 0 fully saturated rings. The fraction of sp³-hybridized carbons (Fsp3) is 0.130. The van der Waals surface area contributed by atoms with Crippen molar-refractivity contribution < 1.29 is 4.79 Å². The van der Waals surface area contributed by atoms with Gasteiger partial charge in [-0.1, -0.05) is 72.8 Å². The van der Waals surface area contributed by atoms with Gasteiger partial charge < -0.3 is 4.90 Å². The minimum absolute atomic E-state index is 0.0239. The summed E-state index contributed by atoms with van der Waals surface area (Å²) in [7, 11) is 0. The van der Waals surface area contributed by atoms with E-state index in [0.717, 1.165) is 28.2 Å². The Balaban J connectivity index is 1.91. The highest BCUT2D eigenvalue weighted by Gasteiger charge is 2.30. The first-order valence-corrected chi connectivity index (χ1v) is 8.81. The molecule has 1 aliphatic heterocycles. The summed E-state index contributed by atoms with van der Waals surface area (Å²) in [5, 5.41) is 0. The second kappa shape index (κ2) is 6.96. The third kappa shape index (κ3) is 3.04. The standard InChI is InChI=1S/C23H20N2O/c1-17(26)25-22-15-9-8-14-20(22)24-21(18-10-4-2-5-11-18)16-23(25)19-12-6-3-7-13-19/h2-15,23H,16H2,1H3/t23-/m0/s1. The first kappa shape index (κ1) is 16.3. The monoisotopic (exact) mass is 340 g/mol. The smallest absolute Gasteiger partial charge is 0.224 e. The van der Waals surface area contributed by atoms with Crippen LogP contribution in [0.3, 0.4) is 0 Å². The fourth-order valence-corrected chi connectivity index (χ4v) is 3.54. The van der Waals surface area contributed by atoms with Crippen LogP contribution in [-0.2, 0) is 4.79 Å². The topological polar surface area (TPSA) is 32.7 Å². The van der Waals surface area contributed by atoms with Gasteiger partial charge in [0.2, 0.25) is 5.91 Å². The number of fused-ring (bicyclic) bond motifs is 1. The molecule has 4 rings (SSSR count). The summed E-state index contributed by atoms with van der Waals surface area (Å²) in [6, 6.07) is 28.2. The van der Waals surface area contributed by atoms with E-state index in [-0.39, 0.29) is 11.9 Å². The van der Waals surface area contributed by atoms with Crippen molar-refractivity contribution in [3.63, 3.8) is 0 Å². The van der Waals surface area contributed by atoms with Gasteiger partial charge in [-0.15, -0.1) is 0 Å². The minimum Gasteiger partial charge on any atom is -0.303 e. The summed E-state index contributed by atoms with van der Waals surface area (Å²) in [5.74, 6) is 0.0239. The van der Waals surface area contributed by atoms with Crippen molar-refractivity contribution in [2.45, 2.75) is 19.4 Å². The van der Waals surface area contributed by atoms with Crippen LogP contribution in [0.4, 0.5) is 11.4 Å². The van der Waals surface area contributed by atoms with Crippen LogP contribution in [0.1, 0.15) is 30.5 Å². The zero-order valence-electron chi connectivity index (χ0n) is 14.7. The number of carbonyl (C=O) groups is 1. The Hall–Kier alpha value is -3.20. The van der Waals surface area contributed by atoms with E-state index in [2.05, 4.69) is 24.3 Å². The molecule has 0 unspecified atom stereocenters. The van der Waals surface area contributed by atoms with Gasteiger partial charge in [-0.05, 0) is 23.3 Å². The van der Waals surface area contributed by atoms with E-state index in [4.69, 9.17) is 4.99 Å². The molecule has 3 heteroatoms. The number of carbonyl (C=O) groups excluding carboxylic acids is 1. The van der Waals surface area contributed by atoms with Crippen molar-refractivity contribution in [3.05, 3.63) is 96.1 Å². The van der Waals surface area contributed by atoms with Crippen molar-refractivity contribution in [3.8, 4) is 0 Å².